The van der Waals surface area contributed by atoms with Crippen molar-refractivity contribution in [2.45, 2.75) is 65.6 Å². The maximum atomic E-state index is 11.5. The molecule has 1 N–H and O–H groups in total. The lowest BCUT2D eigenvalue weighted by molar-refractivity contribution is -0.148. The third-order valence-electron chi connectivity index (χ3n) is 2.83. The van der Waals surface area contributed by atoms with Gasteiger partial charge in [-0.25, -0.2) is 4.79 Å². The van der Waals surface area contributed by atoms with E-state index in [1.54, 1.807) is 0 Å². The number of ether oxygens (including phenoxy) is 2. The van der Waals surface area contributed by atoms with Crippen LogP contribution >= 0.6 is 0 Å². The van der Waals surface area contributed by atoms with E-state index in [4.69, 9.17) is 9.47 Å². The van der Waals surface area contributed by atoms with E-state index in [-0.39, 0.29) is 5.57 Å². The van der Waals surface area contributed by atoms with Crippen LogP contribution in [0.4, 0.5) is 0 Å². The van der Waals surface area contributed by atoms with E-state index in [0.29, 0.717) is 24.8 Å². The van der Waals surface area contributed by atoms with E-state index in [1.165, 1.54) is 0 Å². The molecule has 0 aliphatic carbocycles. The Kier molecular flexibility index (Phi) is 11.7. The highest BCUT2D eigenvalue weighted by atomic mass is 28.1. The minimum Gasteiger partial charge on any atom is -0.478 e. The van der Waals surface area contributed by atoms with Crippen molar-refractivity contribution in [1.29, 1.82) is 0 Å². The van der Waals surface area contributed by atoms with Crippen molar-refractivity contribution in [1.82, 2.24) is 0 Å². The number of aliphatic carboxylic acids is 1. The number of carboxylic acid groups (broad SMARTS) is 1. The molecule has 0 saturated heterocycles. The molecule has 0 aliphatic rings. The topological polar surface area (TPSA) is 55.8 Å². The van der Waals surface area contributed by atoms with Crippen LogP contribution in [0.2, 0.25) is 0 Å². The van der Waals surface area contributed by atoms with Crippen molar-refractivity contribution in [2.24, 2.45) is 0 Å². The Balaban J connectivity index is 4.89. The molecular weight excluding hydrogens is 272 g/mol. The number of unbranched alkanes of at least 4 members (excludes halogenated alkanes) is 2. The number of hydrogen-bond donors (Lipinski definition) is 1. The predicted molar refractivity (Wildman–Crippen MR) is 80.8 cm³/mol. The van der Waals surface area contributed by atoms with Crippen LogP contribution in [0.1, 0.15) is 59.3 Å². The van der Waals surface area contributed by atoms with E-state index in [2.05, 4.69) is 24.1 Å². The van der Waals surface area contributed by atoms with Crippen molar-refractivity contribution >= 4 is 16.2 Å². The largest absolute Gasteiger partial charge is 0.478 e. The van der Waals surface area contributed by atoms with Gasteiger partial charge in [0.15, 0.2) is 6.29 Å². The van der Waals surface area contributed by atoms with E-state index >= 15 is 0 Å². The molecule has 0 aliphatic heterocycles. The zero-order chi connectivity index (χ0) is 15.4. The van der Waals surface area contributed by atoms with Crippen LogP contribution in [0.3, 0.4) is 0 Å². The molecule has 0 atom stereocenters. The average molecular weight is 299 g/mol. The van der Waals surface area contributed by atoms with Gasteiger partial charge in [0.25, 0.3) is 0 Å². The van der Waals surface area contributed by atoms with Gasteiger partial charge in [0.05, 0.1) is 29.0 Å². The fourth-order valence-electron chi connectivity index (χ4n) is 1.64. The summed E-state index contributed by atoms with van der Waals surface area (Å²) in [7, 11) is 3.42. The Bertz CT molecular complexity index is 292. The van der Waals surface area contributed by atoms with Crippen molar-refractivity contribution < 1.29 is 19.4 Å². The summed E-state index contributed by atoms with van der Waals surface area (Å²) >= 11 is 0. The quantitative estimate of drug-likeness (QED) is 0.260. The first-order valence-electron chi connectivity index (χ1n) is 7.49. The highest BCUT2D eigenvalue weighted by molar-refractivity contribution is 6.24. The number of rotatable bonds is 12. The van der Waals surface area contributed by atoms with Gasteiger partial charge >= 0.3 is 5.97 Å². The summed E-state index contributed by atoms with van der Waals surface area (Å²) in [5, 5.41) is 10.1. The summed E-state index contributed by atoms with van der Waals surface area (Å²) in [4.78, 5) is 11.5. The van der Waals surface area contributed by atoms with Gasteiger partial charge in [-0.15, -0.1) is 0 Å². The van der Waals surface area contributed by atoms with Crippen LogP contribution in [0.25, 0.3) is 0 Å². The van der Waals surface area contributed by atoms with Crippen LogP contribution < -0.4 is 0 Å². The highest BCUT2D eigenvalue weighted by Gasteiger charge is 2.24. The van der Waals surface area contributed by atoms with E-state index in [1.807, 2.05) is 6.92 Å². The van der Waals surface area contributed by atoms with Gasteiger partial charge < -0.3 is 14.6 Å². The molecule has 4 nitrogen and oxygen atoms in total. The summed E-state index contributed by atoms with van der Waals surface area (Å²) in [6.45, 7) is 7.16. The fourth-order valence-corrected chi connectivity index (χ4v) is 2.12. The maximum absolute atomic E-state index is 11.5. The average Bonchev–Trinajstić information content (AvgIpc) is 2.39. The van der Waals surface area contributed by atoms with E-state index in [9.17, 15) is 9.90 Å². The van der Waals surface area contributed by atoms with Crippen LogP contribution in [0, 0.1) is 0 Å². The normalized spacial score (nSPS) is 12.7. The molecule has 20 heavy (non-hydrogen) atoms. The molecule has 0 unspecified atom stereocenters. The van der Waals surface area contributed by atoms with Crippen LogP contribution in [-0.2, 0) is 14.3 Å². The van der Waals surface area contributed by atoms with Crippen molar-refractivity contribution in [3.8, 4) is 0 Å². The second-order valence-corrected chi connectivity index (χ2v) is 5.33. The number of carboxylic acids is 1. The SMILES string of the molecule is CCCCOC(OCCCC)/C(C(=O)O)=C(/[Si])CCC. The molecule has 0 amide bonds. The summed E-state index contributed by atoms with van der Waals surface area (Å²) in [5.74, 6) is -0.985. The minimum atomic E-state index is -0.985. The zero-order valence-corrected chi connectivity index (χ0v) is 13.9. The van der Waals surface area contributed by atoms with Gasteiger partial charge in [0.1, 0.15) is 0 Å². The predicted octanol–water partition coefficient (Wildman–Crippen LogP) is 3.25. The summed E-state index contributed by atoms with van der Waals surface area (Å²) < 4.78 is 11.3. The third kappa shape index (κ3) is 7.82. The molecule has 0 heterocycles. The molecule has 0 fully saturated rings. The zero-order valence-electron chi connectivity index (χ0n) is 12.9. The van der Waals surface area contributed by atoms with Crippen molar-refractivity contribution in [3.63, 3.8) is 0 Å². The van der Waals surface area contributed by atoms with Gasteiger partial charge in [-0.05, 0) is 19.3 Å². The molecule has 0 aromatic carbocycles. The van der Waals surface area contributed by atoms with Crippen LogP contribution in [0.15, 0.2) is 10.8 Å². The minimum absolute atomic E-state index is 0.190. The molecular formula is C15H27O4Si. The van der Waals surface area contributed by atoms with Crippen molar-refractivity contribution in [2.75, 3.05) is 13.2 Å². The van der Waals surface area contributed by atoms with Gasteiger partial charge in [0.2, 0.25) is 0 Å². The van der Waals surface area contributed by atoms with E-state index in [0.717, 1.165) is 32.1 Å². The monoisotopic (exact) mass is 299 g/mol. The Morgan fingerprint density at radius 2 is 1.55 bits per heavy atom. The fraction of sp³-hybridized carbons (Fsp3) is 0.800. The summed E-state index contributed by atoms with van der Waals surface area (Å²) in [6.07, 6.45) is 4.55. The number of hydrogen-bond acceptors (Lipinski definition) is 3. The lowest BCUT2D eigenvalue weighted by Crippen LogP contribution is -2.27. The van der Waals surface area contributed by atoms with E-state index < -0.39 is 12.3 Å². The molecule has 0 saturated carbocycles. The molecule has 0 aromatic heterocycles. The summed E-state index contributed by atoms with van der Waals surface area (Å²) in [5.41, 5.74) is 0.190. The number of carbonyl (C=O) groups is 1. The lowest BCUT2D eigenvalue weighted by Gasteiger charge is -2.21. The third-order valence-corrected chi connectivity index (χ3v) is 3.34. The molecule has 0 rings (SSSR count). The second-order valence-electron chi connectivity index (χ2n) is 4.73. The van der Waals surface area contributed by atoms with Crippen LogP contribution in [0.5, 0.6) is 0 Å². The Hall–Kier alpha value is -0.653. The van der Waals surface area contributed by atoms with Gasteiger partial charge in [-0.1, -0.05) is 45.2 Å². The smallest absolute Gasteiger partial charge is 0.336 e. The molecule has 5 heteroatoms. The Morgan fingerprint density at radius 3 is 1.90 bits per heavy atom. The first-order valence-corrected chi connectivity index (χ1v) is 7.99. The molecule has 115 valence electrons. The second kappa shape index (κ2) is 12.1. The Labute approximate surface area is 126 Å². The van der Waals surface area contributed by atoms with Crippen molar-refractivity contribution in [3.05, 3.63) is 10.8 Å². The molecule has 0 spiro atoms. The highest BCUT2D eigenvalue weighted by Crippen LogP contribution is 2.17. The first-order chi connectivity index (χ1) is 9.58. The number of allylic oxidation sites excluding steroid dienone is 1. The maximum Gasteiger partial charge on any atom is 0.336 e. The molecule has 0 bridgehead atoms. The first kappa shape index (κ1) is 19.3. The summed E-state index contributed by atoms with van der Waals surface area (Å²) in [6, 6.07) is 0. The van der Waals surface area contributed by atoms with Gasteiger partial charge in [-0.3, -0.25) is 0 Å². The Morgan fingerprint density at radius 1 is 1.05 bits per heavy atom. The van der Waals surface area contributed by atoms with Gasteiger partial charge in [-0.2, -0.15) is 0 Å². The lowest BCUT2D eigenvalue weighted by atomic mass is 10.1. The molecule has 3 radical (unpaired) electrons. The van der Waals surface area contributed by atoms with Crippen LogP contribution in [-0.4, -0.2) is 40.8 Å². The van der Waals surface area contributed by atoms with Gasteiger partial charge in [0, 0.05) is 0 Å². The standard InChI is InChI=1S/C15H27O4Si/c1-4-7-10-18-15(19-11-8-5-2)13(14(16)17)12(20)9-6-3/h15H,4-11H2,1-3H3,(H,16,17)/b13-12+. The molecule has 0 aromatic rings.